The van der Waals surface area contributed by atoms with Crippen LogP contribution in [0, 0.1) is 0 Å². The number of urea groups is 1. The quantitative estimate of drug-likeness (QED) is 0.363. The molecule has 4 aromatic rings. The largest absolute Gasteiger partial charge is 0.334 e. The molecule has 2 heterocycles. The molecule has 2 N–H and O–H groups in total. The Kier molecular flexibility index (Phi) is 7.54. The predicted octanol–water partition coefficient (Wildman–Crippen LogP) is 4.56. The summed E-state index contributed by atoms with van der Waals surface area (Å²) < 4.78 is 2.01. The molecule has 7 nitrogen and oxygen atoms in total. The first kappa shape index (κ1) is 22.8. The normalized spacial score (nSPS) is 11.7. The standard InChI is InChI=1S/C24H23N5O2S2/c1-17(22(30)26-23(31)25-15-18-9-4-2-5-10-18)33-24-28-27-21(20-13-8-14-32-20)29(24)16-19-11-6-3-7-12-19/h2-14,17H,15-16H2,1H3,(H2,25,26,30,31). The maximum Gasteiger partial charge on any atom is 0.321 e. The Morgan fingerprint density at radius 3 is 2.33 bits per heavy atom. The summed E-state index contributed by atoms with van der Waals surface area (Å²) in [6.45, 7) is 2.67. The molecular formula is C24H23N5O2S2. The molecule has 1 atom stereocenters. The van der Waals surface area contributed by atoms with Crippen LogP contribution in [0.4, 0.5) is 4.79 Å². The SMILES string of the molecule is CC(Sc1nnc(-c2cccs2)n1Cc1ccccc1)C(=O)NC(=O)NCc1ccccc1. The van der Waals surface area contributed by atoms with E-state index in [4.69, 9.17) is 0 Å². The third-order valence-corrected chi connectivity index (χ3v) is 6.77. The summed E-state index contributed by atoms with van der Waals surface area (Å²) in [7, 11) is 0. The predicted molar refractivity (Wildman–Crippen MR) is 131 cm³/mol. The summed E-state index contributed by atoms with van der Waals surface area (Å²) in [5.74, 6) is 0.363. The maximum atomic E-state index is 12.6. The molecule has 0 radical (unpaired) electrons. The number of carbonyl (C=O) groups excluding carboxylic acids is 2. The lowest BCUT2D eigenvalue weighted by Gasteiger charge is -2.13. The van der Waals surface area contributed by atoms with Crippen LogP contribution in [0.1, 0.15) is 18.1 Å². The van der Waals surface area contributed by atoms with Gasteiger partial charge in [-0.05, 0) is 29.5 Å². The van der Waals surface area contributed by atoms with Gasteiger partial charge < -0.3 is 5.32 Å². The Morgan fingerprint density at radius 2 is 1.67 bits per heavy atom. The molecule has 0 saturated carbocycles. The van der Waals surface area contributed by atoms with Crippen LogP contribution >= 0.6 is 23.1 Å². The van der Waals surface area contributed by atoms with Crippen molar-refractivity contribution in [2.75, 3.05) is 0 Å². The van der Waals surface area contributed by atoms with E-state index in [2.05, 4.69) is 20.8 Å². The third kappa shape index (κ3) is 6.09. The van der Waals surface area contributed by atoms with E-state index in [1.165, 1.54) is 11.8 Å². The van der Waals surface area contributed by atoms with E-state index < -0.39 is 17.2 Å². The summed E-state index contributed by atoms with van der Waals surface area (Å²) in [6, 6.07) is 23.0. The Bertz CT molecular complexity index is 1190. The zero-order valence-corrected chi connectivity index (χ0v) is 19.6. The van der Waals surface area contributed by atoms with Gasteiger partial charge in [-0.1, -0.05) is 78.5 Å². The highest BCUT2D eigenvalue weighted by Crippen LogP contribution is 2.30. The third-order valence-electron chi connectivity index (χ3n) is 4.83. The van der Waals surface area contributed by atoms with Crippen molar-refractivity contribution in [3.8, 4) is 10.7 Å². The molecule has 0 spiro atoms. The molecule has 4 rings (SSSR count). The van der Waals surface area contributed by atoms with E-state index in [9.17, 15) is 9.59 Å². The Labute approximate surface area is 200 Å². The van der Waals surface area contributed by atoms with Gasteiger partial charge in [0.2, 0.25) is 5.91 Å². The summed E-state index contributed by atoms with van der Waals surface area (Å²) in [5, 5.41) is 15.9. The average molecular weight is 478 g/mol. The monoisotopic (exact) mass is 477 g/mol. The van der Waals surface area contributed by atoms with Gasteiger partial charge in [-0.3, -0.25) is 14.7 Å². The second kappa shape index (κ2) is 10.9. The number of nitrogens with one attached hydrogen (secondary N) is 2. The molecule has 0 fully saturated rings. The van der Waals surface area contributed by atoms with Gasteiger partial charge in [0.25, 0.3) is 0 Å². The van der Waals surface area contributed by atoms with Crippen molar-refractivity contribution < 1.29 is 9.59 Å². The number of hydrogen-bond acceptors (Lipinski definition) is 6. The van der Waals surface area contributed by atoms with Crippen molar-refractivity contribution in [3.63, 3.8) is 0 Å². The number of hydrogen-bond donors (Lipinski definition) is 2. The fourth-order valence-corrected chi connectivity index (χ4v) is 4.69. The topological polar surface area (TPSA) is 88.9 Å². The lowest BCUT2D eigenvalue weighted by molar-refractivity contribution is -0.119. The van der Waals surface area contributed by atoms with Gasteiger partial charge >= 0.3 is 6.03 Å². The number of aromatic nitrogens is 3. The molecule has 1 unspecified atom stereocenters. The molecule has 33 heavy (non-hydrogen) atoms. The first-order valence-electron chi connectivity index (χ1n) is 10.4. The molecule has 2 aromatic carbocycles. The van der Waals surface area contributed by atoms with Gasteiger partial charge in [0.1, 0.15) is 0 Å². The van der Waals surface area contributed by atoms with Crippen LogP contribution in [0.3, 0.4) is 0 Å². The molecule has 0 aliphatic rings. The summed E-state index contributed by atoms with van der Waals surface area (Å²) in [6.07, 6.45) is 0. The van der Waals surface area contributed by atoms with Crippen LogP contribution in [0.5, 0.6) is 0 Å². The van der Waals surface area contributed by atoms with Crippen molar-refractivity contribution in [1.82, 2.24) is 25.4 Å². The highest BCUT2D eigenvalue weighted by atomic mass is 32.2. The lowest BCUT2D eigenvalue weighted by atomic mass is 10.2. The van der Waals surface area contributed by atoms with E-state index >= 15 is 0 Å². The smallest absolute Gasteiger partial charge is 0.321 e. The van der Waals surface area contributed by atoms with E-state index in [-0.39, 0.29) is 0 Å². The number of benzene rings is 2. The minimum absolute atomic E-state index is 0.344. The van der Waals surface area contributed by atoms with Crippen molar-refractivity contribution in [2.45, 2.75) is 30.4 Å². The van der Waals surface area contributed by atoms with Crippen LogP contribution in [0.2, 0.25) is 0 Å². The average Bonchev–Trinajstić information content (AvgIpc) is 3.49. The van der Waals surface area contributed by atoms with E-state index in [1.807, 2.05) is 82.7 Å². The number of thiophene rings is 1. The Balaban J connectivity index is 1.43. The first-order valence-corrected chi connectivity index (χ1v) is 12.2. The van der Waals surface area contributed by atoms with Crippen LogP contribution in [-0.4, -0.2) is 32.0 Å². The van der Waals surface area contributed by atoms with Crippen molar-refractivity contribution in [2.24, 2.45) is 0 Å². The number of amides is 3. The second-order valence-corrected chi connectivity index (χ2v) is 9.53. The fraction of sp³-hybridized carbons (Fsp3) is 0.167. The van der Waals surface area contributed by atoms with Crippen molar-refractivity contribution >= 4 is 35.0 Å². The van der Waals surface area contributed by atoms with Crippen LogP contribution in [0.15, 0.2) is 83.3 Å². The number of nitrogens with zero attached hydrogens (tertiary/aromatic N) is 3. The summed E-state index contributed by atoms with van der Waals surface area (Å²) >= 11 is 2.86. The maximum absolute atomic E-state index is 12.6. The van der Waals surface area contributed by atoms with Crippen LogP contribution in [-0.2, 0) is 17.9 Å². The van der Waals surface area contributed by atoms with Crippen LogP contribution in [0.25, 0.3) is 10.7 Å². The summed E-state index contributed by atoms with van der Waals surface area (Å²) in [4.78, 5) is 25.8. The zero-order valence-electron chi connectivity index (χ0n) is 18.0. The highest BCUT2D eigenvalue weighted by Gasteiger charge is 2.22. The second-order valence-electron chi connectivity index (χ2n) is 7.27. The number of carbonyl (C=O) groups is 2. The number of thioether (sulfide) groups is 1. The van der Waals surface area contributed by atoms with Gasteiger partial charge in [-0.25, -0.2) is 4.79 Å². The molecule has 168 valence electrons. The molecule has 0 saturated heterocycles. The van der Waals surface area contributed by atoms with Gasteiger partial charge in [-0.15, -0.1) is 21.5 Å². The molecule has 0 bridgehead atoms. The van der Waals surface area contributed by atoms with Gasteiger partial charge in [0.15, 0.2) is 11.0 Å². The zero-order chi connectivity index (χ0) is 23.0. The number of rotatable bonds is 8. The molecule has 2 aromatic heterocycles. The van der Waals surface area contributed by atoms with Gasteiger partial charge in [0.05, 0.1) is 16.7 Å². The van der Waals surface area contributed by atoms with Crippen molar-refractivity contribution in [3.05, 3.63) is 89.3 Å². The van der Waals surface area contributed by atoms with E-state index in [0.717, 1.165) is 21.8 Å². The van der Waals surface area contributed by atoms with E-state index in [1.54, 1.807) is 18.3 Å². The minimum atomic E-state index is -0.539. The van der Waals surface area contributed by atoms with Gasteiger partial charge in [-0.2, -0.15) is 0 Å². The van der Waals surface area contributed by atoms with Crippen LogP contribution < -0.4 is 10.6 Å². The Hall–Kier alpha value is -3.43. The van der Waals surface area contributed by atoms with Gasteiger partial charge in [0, 0.05) is 6.54 Å². The molecular weight excluding hydrogens is 454 g/mol. The lowest BCUT2D eigenvalue weighted by Crippen LogP contribution is -2.42. The molecule has 0 aliphatic carbocycles. The Morgan fingerprint density at radius 1 is 0.970 bits per heavy atom. The summed E-state index contributed by atoms with van der Waals surface area (Å²) in [5.41, 5.74) is 2.06. The van der Waals surface area contributed by atoms with E-state index in [0.29, 0.717) is 18.2 Å². The highest BCUT2D eigenvalue weighted by molar-refractivity contribution is 8.00. The molecule has 3 amide bonds. The fourth-order valence-electron chi connectivity index (χ4n) is 3.12. The first-order chi connectivity index (χ1) is 16.1. The molecule has 0 aliphatic heterocycles. The minimum Gasteiger partial charge on any atom is -0.334 e. The number of imide groups is 1. The molecule has 9 heteroatoms. The van der Waals surface area contributed by atoms with Crippen molar-refractivity contribution in [1.29, 1.82) is 0 Å².